The van der Waals surface area contributed by atoms with Gasteiger partial charge in [-0.05, 0) is 6.42 Å². The summed E-state index contributed by atoms with van der Waals surface area (Å²) in [5, 5.41) is 40.9. The Morgan fingerprint density at radius 3 is 2.71 bits per heavy atom. The Hall–Kier alpha value is -1.44. The van der Waals surface area contributed by atoms with Gasteiger partial charge >= 0.3 is 0 Å². The lowest BCUT2D eigenvalue weighted by atomic mass is 10.0. The van der Waals surface area contributed by atoms with E-state index in [0.29, 0.717) is 4.73 Å². The third-order valence-corrected chi connectivity index (χ3v) is 2.44. The molecule has 17 heavy (non-hydrogen) atoms. The fraction of sp³-hybridized carbons (Fsp3) is 0.444. The van der Waals surface area contributed by atoms with Gasteiger partial charge in [0.15, 0.2) is 12.4 Å². The molecule has 0 saturated carbocycles. The van der Waals surface area contributed by atoms with Crippen LogP contribution in [0.4, 0.5) is 5.69 Å². The summed E-state index contributed by atoms with van der Waals surface area (Å²) in [5.74, 6) is 0.0935. The van der Waals surface area contributed by atoms with E-state index in [4.69, 9.17) is 11.6 Å². The van der Waals surface area contributed by atoms with E-state index in [1.165, 1.54) is 0 Å². The van der Waals surface area contributed by atoms with Gasteiger partial charge < -0.3 is 15.4 Å². The second kappa shape index (κ2) is 5.76. The number of aromatic nitrogens is 1. The van der Waals surface area contributed by atoms with E-state index in [1.807, 2.05) is 0 Å². The standard InChI is InChI=1S/C9H11ClN2O5/c10-3-1-8(13)9(14)6-5-11(15)4-2-7(6)12(16)17/h2,4-5,8-9,13-14H,1,3H2. The van der Waals surface area contributed by atoms with E-state index in [-0.39, 0.29) is 17.9 Å². The first-order valence-electron chi connectivity index (χ1n) is 4.76. The Bertz CT molecular complexity index is 414. The van der Waals surface area contributed by atoms with Gasteiger partial charge in [-0.15, -0.1) is 11.6 Å². The molecule has 1 aromatic heterocycles. The highest BCUT2D eigenvalue weighted by Gasteiger charge is 2.28. The van der Waals surface area contributed by atoms with Crippen LogP contribution in [0.5, 0.6) is 0 Å². The summed E-state index contributed by atoms with van der Waals surface area (Å²) in [5.41, 5.74) is -0.650. The van der Waals surface area contributed by atoms with Gasteiger partial charge in [-0.1, -0.05) is 0 Å². The summed E-state index contributed by atoms with van der Waals surface area (Å²) in [7, 11) is 0. The van der Waals surface area contributed by atoms with Gasteiger partial charge in [-0.3, -0.25) is 10.1 Å². The van der Waals surface area contributed by atoms with Gasteiger partial charge in [0, 0.05) is 5.88 Å². The summed E-state index contributed by atoms with van der Waals surface area (Å²) < 4.78 is 0.318. The maximum Gasteiger partial charge on any atom is 0.287 e. The second-order valence-electron chi connectivity index (χ2n) is 3.39. The molecule has 0 aliphatic carbocycles. The maximum absolute atomic E-state index is 11.0. The van der Waals surface area contributed by atoms with Crippen LogP contribution in [0, 0.1) is 15.3 Å². The molecule has 0 aromatic carbocycles. The van der Waals surface area contributed by atoms with Crippen LogP contribution in [0.2, 0.25) is 0 Å². The van der Waals surface area contributed by atoms with Crippen LogP contribution in [-0.4, -0.2) is 27.1 Å². The minimum atomic E-state index is -1.52. The molecule has 0 aliphatic heterocycles. The normalized spacial score (nSPS) is 14.3. The van der Waals surface area contributed by atoms with Gasteiger partial charge in [0.1, 0.15) is 11.7 Å². The van der Waals surface area contributed by atoms with E-state index in [2.05, 4.69) is 0 Å². The van der Waals surface area contributed by atoms with Crippen molar-refractivity contribution in [1.29, 1.82) is 0 Å². The van der Waals surface area contributed by atoms with Crippen molar-refractivity contribution >= 4 is 17.3 Å². The number of aliphatic hydroxyl groups excluding tert-OH is 2. The molecule has 7 nitrogen and oxygen atoms in total. The van der Waals surface area contributed by atoms with Gasteiger partial charge in [-0.25, -0.2) is 0 Å². The third kappa shape index (κ3) is 3.26. The van der Waals surface area contributed by atoms with E-state index in [0.717, 1.165) is 18.5 Å². The Kier molecular flexibility index (Phi) is 4.62. The fourth-order valence-electron chi connectivity index (χ4n) is 1.36. The van der Waals surface area contributed by atoms with Crippen molar-refractivity contribution in [1.82, 2.24) is 0 Å². The minimum Gasteiger partial charge on any atom is -0.619 e. The average molecular weight is 263 g/mol. The molecule has 2 atom stereocenters. The van der Waals surface area contributed by atoms with Crippen molar-refractivity contribution in [2.75, 3.05) is 5.88 Å². The van der Waals surface area contributed by atoms with Gasteiger partial charge in [0.2, 0.25) is 0 Å². The Morgan fingerprint density at radius 2 is 2.18 bits per heavy atom. The maximum atomic E-state index is 11.0. The molecule has 0 saturated heterocycles. The summed E-state index contributed by atoms with van der Waals surface area (Å²) in [4.78, 5) is 9.96. The predicted molar refractivity (Wildman–Crippen MR) is 58.4 cm³/mol. The Balaban J connectivity index is 3.10. The smallest absolute Gasteiger partial charge is 0.287 e. The molecule has 0 radical (unpaired) electrons. The lowest BCUT2D eigenvalue weighted by molar-refractivity contribution is -0.606. The van der Waals surface area contributed by atoms with Crippen LogP contribution < -0.4 is 4.73 Å². The van der Waals surface area contributed by atoms with Crippen LogP contribution in [0.3, 0.4) is 0 Å². The number of alkyl halides is 1. The number of hydrogen-bond acceptors (Lipinski definition) is 5. The van der Waals surface area contributed by atoms with Crippen LogP contribution in [0.15, 0.2) is 18.5 Å². The van der Waals surface area contributed by atoms with Gasteiger partial charge in [0.05, 0.1) is 17.1 Å². The number of nitrogens with zero attached hydrogens (tertiary/aromatic N) is 2. The molecule has 1 heterocycles. The molecule has 0 bridgehead atoms. The number of halogens is 1. The molecule has 2 unspecified atom stereocenters. The molecule has 0 fully saturated rings. The Morgan fingerprint density at radius 1 is 1.53 bits per heavy atom. The molecule has 0 amide bonds. The summed E-state index contributed by atoms with van der Waals surface area (Å²) in [6.45, 7) is 0. The largest absolute Gasteiger partial charge is 0.619 e. The van der Waals surface area contributed by atoms with E-state index in [1.54, 1.807) is 0 Å². The van der Waals surface area contributed by atoms with Crippen molar-refractivity contribution in [3.05, 3.63) is 39.3 Å². The average Bonchev–Trinajstić information content (AvgIpc) is 2.27. The molecule has 94 valence electrons. The number of pyridine rings is 1. The molecule has 1 rings (SSSR count). The number of rotatable bonds is 5. The zero-order valence-corrected chi connectivity index (χ0v) is 9.45. The lowest BCUT2D eigenvalue weighted by Gasteiger charge is -2.16. The number of nitro groups is 1. The predicted octanol–water partition coefficient (Wildman–Crippen LogP) is 0.251. The molecule has 2 N–H and O–H groups in total. The van der Waals surface area contributed by atoms with E-state index >= 15 is 0 Å². The highest BCUT2D eigenvalue weighted by atomic mass is 35.5. The molecular weight excluding hydrogens is 252 g/mol. The molecule has 0 aliphatic rings. The van der Waals surface area contributed by atoms with E-state index < -0.39 is 22.8 Å². The van der Waals surface area contributed by atoms with Crippen molar-refractivity contribution in [3.63, 3.8) is 0 Å². The third-order valence-electron chi connectivity index (χ3n) is 2.23. The highest BCUT2D eigenvalue weighted by molar-refractivity contribution is 6.17. The van der Waals surface area contributed by atoms with Crippen molar-refractivity contribution < 1.29 is 19.9 Å². The topological polar surface area (TPSA) is 111 Å². The van der Waals surface area contributed by atoms with Crippen LogP contribution >= 0.6 is 11.6 Å². The van der Waals surface area contributed by atoms with Crippen LogP contribution in [-0.2, 0) is 0 Å². The van der Waals surface area contributed by atoms with Crippen molar-refractivity contribution in [3.8, 4) is 0 Å². The number of aliphatic hydroxyl groups is 2. The van der Waals surface area contributed by atoms with Crippen LogP contribution in [0.25, 0.3) is 0 Å². The lowest BCUT2D eigenvalue weighted by Crippen LogP contribution is -2.29. The molecule has 1 aromatic rings. The first-order valence-corrected chi connectivity index (χ1v) is 5.30. The van der Waals surface area contributed by atoms with Crippen molar-refractivity contribution in [2.45, 2.75) is 18.6 Å². The summed E-state index contributed by atoms with van der Waals surface area (Å²) in [6, 6.07) is 0.971. The van der Waals surface area contributed by atoms with Crippen LogP contribution in [0.1, 0.15) is 18.1 Å². The quantitative estimate of drug-likeness (QED) is 0.260. The zero-order valence-electron chi connectivity index (χ0n) is 8.69. The summed E-state index contributed by atoms with van der Waals surface area (Å²) in [6.07, 6.45) is -0.903. The Labute approximate surface area is 102 Å². The SMILES string of the molecule is O=[N+]([O-])c1cc[n+]([O-])cc1C(O)C(O)CCCl. The number of hydrogen-bond donors (Lipinski definition) is 2. The first-order chi connectivity index (χ1) is 7.97. The van der Waals surface area contributed by atoms with Gasteiger partial charge in [0.25, 0.3) is 5.69 Å². The molecular formula is C9H11ClN2O5. The molecule has 8 heteroatoms. The molecule has 0 spiro atoms. The second-order valence-corrected chi connectivity index (χ2v) is 3.77. The first kappa shape index (κ1) is 13.6. The zero-order chi connectivity index (χ0) is 13.0. The van der Waals surface area contributed by atoms with Gasteiger partial charge in [-0.2, -0.15) is 4.73 Å². The highest BCUT2D eigenvalue weighted by Crippen LogP contribution is 2.26. The minimum absolute atomic E-state index is 0.0631. The van der Waals surface area contributed by atoms with E-state index in [9.17, 15) is 25.5 Å². The van der Waals surface area contributed by atoms with Crippen molar-refractivity contribution in [2.24, 2.45) is 0 Å². The fourth-order valence-corrected chi connectivity index (χ4v) is 1.58. The summed E-state index contributed by atoms with van der Waals surface area (Å²) >= 11 is 5.39. The monoisotopic (exact) mass is 262 g/mol.